The average Bonchev–Trinajstić information content (AvgIpc) is 3.97. The quantitative estimate of drug-likeness (QED) is 0.168. The van der Waals surface area contributed by atoms with Gasteiger partial charge in [0, 0.05) is 50.8 Å². The molecule has 13 heteroatoms. The van der Waals surface area contributed by atoms with Crippen LogP contribution in [0, 0.1) is 0 Å². The van der Waals surface area contributed by atoms with Crippen molar-refractivity contribution in [2.75, 3.05) is 85.6 Å². The largest absolute Gasteiger partial charge is 0.496 e. The van der Waals surface area contributed by atoms with E-state index >= 15 is 0 Å². The summed E-state index contributed by atoms with van der Waals surface area (Å²) in [5.41, 5.74) is 4.44. The summed E-state index contributed by atoms with van der Waals surface area (Å²) in [6, 6.07) is 24.8. The standard InChI is InChI=1S/C37H45N9O3.C3H9N/c1-3-49-24-23-45(36-39-32-11-7-8-12-33(32)40-36)29-15-19-43(20-16-29)21-17-37(28-9-5-4-6-10-28)18-22-44(26-37)35(47)31-25-30(13-14-34(31)48-2)46-27-38-41-42-46;1-4(2)3/h4-14,25,27,29H,3,15-24,26H2,1-2H3,(H,39,40);1-3H3. The number of tetrazole rings is 1. The minimum atomic E-state index is -0.133. The molecule has 1 atom stereocenters. The Morgan fingerprint density at radius 1 is 1.00 bits per heavy atom. The van der Waals surface area contributed by atoms with Crippen LogP contribution >= 0.6 is 0 Å². The number of likely N-dealkylation sites (tertiary alicyclic amines) is 2. The van der Waals surface area contributed by atoms with Crippen LogP contribution in [0.3, 0.4) is 0 Å². The zero-order valence-electron chi connectivity index (χ0n) is 31.8. The van der Waals surface area contributed by atoms with Crippen LogP contribution in [0.2, 0.25) is 0 Å². The van der Waals surface area contributed by atoms with Crippen molar-refractivity contribution in [2.24, 2.45) is 0 Å². The lowest BCUT2D eigenvalue weighted by molar-refractivity contribution is 0.0776. The van der Waals surface area contributed by atoms with E-state index in [9.17, 15) is 4.79 Å². The van der Waals surface area contributed by atoms with Crippen molar-refractivity contribution in [2.45, 2.75) is 44.1 Å². The second-order valence-corrected chi connectivity index (χ2v) is 14.4. The number of nitrogens with zero attached hydrogens (tertiary/aromatic N) is 9. The van der Waals surface area contributed by atoms with Gasteiger partial charge in [-0.15, -0.1) is 5.10 Å². The van der Waals surface area contributed by atoms with E-state index in [-0.39, 0.29) is 11.3 Å². The summed E-state index contributed by atoms with van der Waals surface area (Å²) in [4.78, 5) is 31.6. The number of anilines is 1. The number of nitrogens with one attached hydrogen (secondary N) is 1. The molecule has 1 N–H and O–H groups in total. The van der Waals surface area contributed by atoms with Crippen LogP contribution in [-0.2, 0) is 10.2 Å². The lowest BCUT2D eigenvalue weighted by Gasteiger charge is -2.40. The van der Waals surface area contributed by atoms with Gasteiger partial charge in [0.05, 0.1) is 36.0 Å². The normalized spacial score (nSPS) is 18.0. The van der Waals surface area contributed by atoms with Gasteiger partial charge in [-0.25, -0.2) is 9.67 Å². The van der Waals surface area contributed by atoms with Gasteiger partial charge in [0.15, 0.2) is 0 Å². The number of ether oxygens (including phenoxy) is 2. The summed E-state index contributed by atoms with van der Waals surface area (Å²) < 4.78 is 12.9. The van der Waals surface area contributed by atoms with Gasteiger partial charge in [-0.05, 0) is 107 Å². The van der Waals surface area contributed by atoms with E-state index in [1.165, 1.54) is 11.9 Å². The van der Waals surface area contributed by atoms with Crippen molar-refractivity contribution in [1.29, 1.82) is 0 Å². The van der Waals surface area contributed by atoms with E-state index < -0.39 is 0 Å². The second kappa shape index (κ2) is 17.8. The van der Waals surface area contributed by atoms with Crippen LogP contribution in [0.5, 0.6) is 5.75 Å². The zero-order chi connectivity index (χ0) is 37.2. The number of imidazole rings is 1. The lowest BCUT2D eigenvalue weighted by atomic mass is 9.76. The first kappa shape index (κ1) is 37.9. The molecule has 0 bridgehead atoms. The van der Waals surface area contributed by atoms with Crippen LogP contribution in [0.25, 0.3) is 16.7 Å². The highest BCUT2D eigenvalue weighted by molar-refractivity contribution is 5.98. The first-order valence-corrected chi connectivity index (χ1v) is 18.7. The number of carbonyl (C=O) groups excluding carboxylic acids is 1. The van der Waals surface area contributed by atoms with Crippen molar-refractivity contribution in [1.82, 2.24) is 44.9 Å². The number of carbonyl (C=O) groups is 1. The molecule has 4 heterocycles. The third kappa shape index (κ3) is 9.21. The molecule has 0 spiro atoms. The smallest absolute Gasteiger partial charge is 0.257 e. The van der Waals surface area contributed by atoms with Crippen molar-refractivity contribution >= 4 is 22.9 Å². The Hall–Kier alpha value is -4.85. The third-order valence-corrected chi connectivity index (χ3v) is 10.3. The fourth-order valence-electron chi connectivity index (χ4n) is 7.55. The molecule has 2 saturated heterocycles. The monoisotopic (exact) mass is 722 g/mol. The second-order valence-electron chi connectivity index (χ2n) is 14.4. The molecule has 0 radical (unpaired) electrons. The van der Waals surface area contributed by atoms with Crippen LogP contribution in [-0.4, -0.2) is 138 Å². The van der Waals surface area contributed by atoms with Crippen LogP contribution < -0.4 is 9.64 Å². The van der Waals surface area contributed by atoms with E-state index in [1.54, 1.807) is 17.9 Å². The molecule has 1 unspecified atom stereocenters. The summed E-state index contributed by atoms with van der Waals surface area (Å²) in [6.07, 6.45) is 5.52. The summed E-state index contributed by atoms with van der Waals surface area (Å²) in [5.74, 6) is 1.43. The maximum absolute atomic E-state index is 14.1. The number of H-pyrrole nitrogens is 1. The first-order valence-electron chi connectivity index (χ1n) is 18.7. The molecule has 13 nitrogen and oxygen atoms in total. The molecule has 0 aliphatic carbocycles. The van der Waals surface area contributed by atoms with Gasteiger partial charge >= 0.3 is 0 Å². The molecule has 0 saturated carbocycles. The number of hydrogen-bond acceptors (Lipinski definition) is 10. The molecule has 7 rings (SSSR count). The minimum Gasteiger partial charge on any atom is -0.496 e. The number of benzene rings is 3. The van der Waals surface area contributed by atoms with Crippen LogP contribution in [0.15, 0.2) is 79.1 Å². The average molecular weight is 723 g/mol. The van der Waals surface area contributed by atoms with Gasteiger partial charge < -0.3 is 34.1 Å². The van der Waals surface area contributed by atoms with E-state index in [2.05, 4.69) is 72.8 Å². The minimum absolute atomic E-state index is 0.0388. The summed E-state index contributed by atoms with van der Waals surface area (Å²) >= 11 is 0. The zero-order valence-corrected chi connectivity index (χ0v) is 31.8. The van der Waals surface area contributed by atoms with Crippen LogP contribution in [0.1, 0.15) is 48.5 Å². The maximum atomic E-state index is 14.1. The molecular weight excluding hydrogens is 669 g/mol. The van der Waals surface area contributed by atoms with Crippen molar-refractivity contribution < 1.29 is 14.3 Å². The fourth-order valence-corrected chi connectivity index (χ4v) is 7.55. The highest BCUT2D eigenvalue weighted by Crippen LogP contribution is 2.39. The number of fused-ring (bicyclic) bond motifs is 1. The molecular formula is C40H54N10O3. The molecule has 2 aromatic heterocycles. The van der Waals surface area contributed by atoms with Gasteiger partial charge in [-0.2, -0.15) is 0 Å². The Labute approximate surface area is 312 Å². The maximum Gasteiger partial charge on any atom is 0.257 e. The van der Waals surface area contributed by atoms with E-state index in [4.69, 9.17) is 14.5 Å². The number of piperidine rings is 1. The molecule has 1 amide bonds. The number of amides is 1. The number of hydrogen-bond donors (Lipinski definition) is 1. The van der Waals surface area contributed by atoms with Gasteiger partial charge in [0.2, 0.25) is 5.95 Å². The van der Waals surface area contributed by atoms with Gasteiger partial charge in [0.25, 0.3) is 5.91 Å². The van der Waals surface area contributed by atoms with Gasteiger partial charge in [-0.1, -0.05) is 42.5 Å². The van der Waals surface area contributed by atoms with Crippen molar-refractivity contribution in [3.05, 3.63) is 90.3 Å². The Bertz CT molecular complexity index is 1840. The number of aromatic nitrogens is 6. The highest BCUT2D eigenvalue weighted by Gasteiger charge is 2.42. The lowest BCUT2D eigenvalue weighted by Crippen LogP contribution is -2.47. The number of para-hydroxylation sites is 2. The predicted molar refractivity (Wildman–Crippen MR) is 208 cm³/mol. The highest BCUT2D eigenvalue weighted by atomic mass is 16.5. The van der Waals surface area contributed by atoms with E-state index in [1.807, 2.05) is 62.1 Å². The number of rotatable bonds is 13. The Balaban J connectivity index is 0.00000114. The molecule has 282 valence electrons. The van der Waals surface area contributed by atoms with E-state index in [0.717, 1.165) is 68.8 Å². The first-order chi connectivity index (χ1) is 25.8. The fraction of sp³-hybridized carbons (Fsp3) is 0.475. The number of methoxy groups -OCH3 is 1. The van der Waals surface area contributed by atoms with E-state index in [0.29, 0.717) is 49.3 Å². The Morgan fingerprint density at radius 3 is 2.45 bits per heavy atom. The predicted octanol–water partition coefficient (Wildman–Crippen LogP) is 4.91. The van der Waals surface area contributed by atoms with Gasteiger partial charge in [-0.3, -0.25) is 4.79 Å². The molecule has 53 heavy (non-hydrogen) atoms. The van der Waals surface area contributed by atoms with Crippen molar-refractivity contribution in [3.8, 4) is 11.4 Å². The Kier molecular flexibility index (Phi) is 12.7. The molecule has 3 aromatic carbocycles. The molecule has 5 aromatic rings. The summed E-state index contributed by atoms with van der Waals surface area (Å²) in [7, 11) is 7.60. The number of aromatic amines is 1. The third-order valence-electron chi connectivity index (χ3n) is 10.3. The Morgan fingerprint density at radius 2 is 1.75 bits per heavy atom. The summed E-state index contributed by atoms with van der Waals surface area (Å²) in [5, 5.41) is 11.5. The van der Waals surface area contributed by atoms with Crippen LogP contribution in [0.4, 0.5) is 5.95 Å². The molecule has 2 aliphatic heterocycles. The topological polar surface area (TPSA) is 121 Å². The van der Waals surface area contributed by atoms with Crippen molar-refractivity contribution in [3.63, 3.8) is 0 Å². The SMILES string of the molecule is CCOCCN(c1nc2ccccc2[nH]1)C1CCN(CCC2(c3ccccc3)CCN(C(=O)c3cc(-n4cnnn4)ccc3OC)C2)CC1.CN(C)C. The molecule has 2 aliphatic rings. The summed E-state index contributed by atoms with van der Waals surface area (Å²) in [6.45, 7) is 8.58. The van der Waals surface area contributed by atoms with Gasteiger partial charge in [0.1, 0.15) is 12.1 Å². The molecule has 2 fully saturated rings.